The highest BCUT2D eigenvalue weighted by molar-refractivity contribution is 5.83. The molecule has 0 bridgehead atoms. The molecule has 2 heterocycles. The van der Waals surface area contributed by atoms with Crippen molar-refractivity contribution < 1.29 is 0 Å². The Labute approximate surface area is 98.1 Å². The quantitative estimate of drug-likeness (QED) is 0.686. The first-order chi connectivity index (χ1) is 8.33. The molecule has 2 N–H and O–H groups in total. The lowest BCUT2D eigenvalue weighted by Gasteiger charge is -2.02. The number of aromatic nitrogens is 3. The molecule has 82 valence electrons. The molecule has 0 aliphatic heterocycles. The van der Waals surface area contributed by atoms with Gasteiger partial charge < -0.3 is 5.73 Å². The summed E-state index contributed by atoms with van der Waals surface area (Å²) in [6, 6.07) is 13.5. The summed E-state index contributed by atoms with van der Waals surface area (Å²) >= 11 is 0. The molecule has 0 amide bonds. The zero-order valence-electron chi connectivity index (χ0n) is 9.04. The van der Waals surface area contributed by atoms with Crippen LogP contribution in [-0.4, -0.2) is 15.2 Å². The molecule has 4 heteroatoms. The van der Waals surface area contributed by atoms with Crippen LogP contribution in [0.4, 0.5) is 5.82 Å². The van der Waals surface area contributed by atoms with Gasteiger partial charge in [0.2, 0.25) is 0 Å². The largest absolute Gasteiger partial charge is 0.382 e. The fourth-order valence-corrected chi connectivity index (χ4v) is 1.73. The highest BCUT2D eigenvalue weighted by atomic mass is 15.1. The van der Waals surface area contributed by atoms with Gasteiger partial charge in [0, 0.05) is 17.1 Å². The van der Waals surface area contributed by atoms with Gasteiger partial charge in [-0.15, -0.1) is 10.2 Å². The van der Waals surface area contributed by atoms with E-state index in [-0.39, 0.29) is 0 Å². The Morgan fingerprint density at radius 1 is 0.941 bits per heavy atom. The average Bonchev–Trinajstić information content (AvgIpc) is 2.39. The summed E-state index contributed by atoms with van der Waals surface area (Å²) in [7, 11) is 0. The van der Waals surface area contributed by atoms with E-state index in [0.717, 1.165) is 22.2 Å². The molecule has 0 unspecified atom stereocenters. The summed E-state index contributed by atoms with van der Waals surface area (Å²) < 4.78 is 0. The van der Waals surface area contributed by atoms with Crippen molar-refractivity contribution in [3.8, 4) is 11.3 Å². The minimum absolute atomic E-state index is 0.427. The van der Waals surface area contributed by atoms with Crippen LogP contribution in [0.3, 0.4) is 0 Å². The first kappa shape index (κ1) is 9.72. The average molecular weight is 222 g/mol. The lowest BCUT2D eigenvalue weighted by molar-refractivity contribution is 1.05. The Morgan fingerprint density at radius 3 is 2.71 bits per heavy atom. The van der Waals surface area contributed by atoms with Crippen molar-refractivity contribution in [1.29, 1.82) is 0 Å². The van der Waals surface area contributed by atoms with E-state index in [4.69, 9.17) is 5.73 Å². The zero-order chi connectivity index (χ0) is 11.7. The Kier molecular flexibility index (Phi) is 2.19. The lowest BCUT2D eigenvalue weighted by atomic mass is 10.1. The molecule has 3 aromatic rings. The monoisotopic (exact) mass is 222 g/mol. The number of hydrogen-bond donors (Lipinski definition) is 1. The molecular formula is C13H10N4. The first-order valence-corrected chi connectivity index (χ1v) is 5.27. The number of anilines is 1. The third kappa shape index (κ3) is 1.80. The molecule has 0 aliphatic carbocycles. The van der Waals surface area contributed by atoms with Crippen LogP contribution >= 0.6 is 0 Å². The molecule has 0 radical (unpaired) electrons. The highest BCUT2D eigenvalue weighted by Gasteiger charge is 2.01. The van der Waals surface area contributed by atoms with Crippen molar-refractivity contribution >= 4 is 16.7 Å². The maximum atomic E-state index is 5.51. The third-order valence-electron chi connectivity index (χ3n) is 2.58. The van der Waals surface area contributed by atoms with E-state index in [0.29, 0.717) is 5.82 Å². The van der Waals surface area contributed by atoms with Crippen LogP contribution in [0.1, 0.15) is 0 Å². The van der Waals surface area contributed by atoms with Crippen LogP contribution in [0.2, 0.25) is 0 Å². The number of rotatable bonds is 1. The van der Waals surface area contributed by atoms with Gasteiger partial charge in [0.25, 0.3) is 0 Å². The van der Waals surface area contributed by atoms with Gasteiger partial charge >= 0.3 is 0 Å². The lowest BCUT2D eigenvalue weighted by Crippen LogP contribution is -1.93. The summed E-state index contributed by atoms with van der Waals surface area (Å²) in [6.45, 7) is 0. The van der Waals surface area contributed by atoms with Crippen molar-refractivity contribution in [2.24, 2.45) is 0 Å². The van der Waals surface area contributed by atoms with Crippen LogP contribution in [0, 0.1) is 0 Å². The molecule has 17 heavy (non-hydrogen) atoms. The molecule has 3 rings (SSSR count). The van der Waals surface area contributed by atoms with E-state index in [1.165, 1.54) is 0 Å². The van der Waals surface area contributed by atoms with Crippen LogP contribution in [0.25, 0.3) is 22.2 Å². The van der Waals surface area contributed by atoms with Gasteiger partial charge in [-0.1, -0.05) is 12.1 Å². The number of pyridine rings is 1. The van der Waals surface area contributed by atoms with Gasteiger partial charge in [-0.05, 0) is 30.3 Å². The van der Waals surface area contributed by atoms with Crippen molar-refractivity contribution in [2.75, 3.05) is 5.73 Å². The first-order valence-electron chi connectivity index (χ1n) is 5.27. The minimum atomic E-state index is 0.427. The van der Waals surface area contributed by atoms with E-state index in [1.54, 1.807) is 12.3 Å². The number of nitrogen functional groups attached to an aromatic ring is 1. The van der Waals surface area contributed by atoms with Crippen LogP contribution in [0.15, 0.2) is 48.7 Å². The van der Waals surface area contributed by atoms with E-state index >= 15 is 0 Å². The van der Waals surface area contributed by atoms with Gasteiger partial charge in [-0.25, -0.2) is 0 Å². The fraction of sp³-hybridized carbons (Fsp3) is 0. The van der Waals surface area contributed by atoms with Gasteiger partial charge in [0.1, 0.15) is 5.82 Å². The standard InChI is InChI=1S/C13H10N4/c14-13-6-5-12(16-17-13)10-3-4-11-9(8-10)2-1-7-15-11/h1-8H,(H2,14,17). The molecule has 1 aromatic carbocycles. The second-order valence-corrected chi connectivity index (χ2v) is 3.75. The maximum absolute atomic E-state index is 5.51. The predicted octanol–water partition coefficient (Wildman–Crippen LogP) is 2.27. The number of nitrogens with zero attached hydrogens (tertiary/aromatic N) is 3. The summed E-state index contributed by atoms with van der Waals surface area (Å²) in [5.74, 6) is 0.427. The number of nitrogens with two attached hydrogens (primary N) is 1. The van der Waals surface area contributed by atoms with Crippen LogP contribution < -0.4 is 5.73 Å². The predicted molar refractivity (Wildman–Crippen MR) is 67.2 cm³/mol. The zero-order valence-corrected chi connectivity index (χ0v) is 9.04. The van der Waals surface area contributed by atoms with E-state index < -0.39 is 0 Å². The van der Waals surface area contributed by atoms with E-state index in [1.807, 2.05) is 36.4 Å². The minimum Gasteiger partial charge on any atom is -0.382 e. The molecule has 0 aliphatic rings. The molecule has 0 saturated carbocycles. The van der Waals surface area contributed by atoms with Gasteiger partial charge in [0.05, 0.1) is 11.2 Å². The van der Waals surface area contributed by atoms with Gasteiger partial charge in [-0.3, -0.25) is 4.98 Å². The number of benzene rings is 1. The fourth-order valence-electron chi connectivity index (χ4n) is 1.73. The van der Waals surface area contributed by atoms with Crippen molar-refractivity contribution in [1.82, 2.24) is 15.2 Å². The molecule has 2 aromatic heterocycles. The second kappa shape index (κ2) is 3.83. The smallest absolute Gasteiger partial charge is 0.146 e. The summed E-state index contributed by atoms with van der Waals surface area (Å²) in [5, 5.41) is 8.99. The number of fused-ring (bicyclic) bond motifs is 1. The van der Waals surface area contributed by atoms with Crippen molar-refractivity contribution in [3.05, 3.63) is 48.7 Å². The van der Waals surface area contributed by atoms with Crippen LogP contribution in [-0.2, 0) is 0 Å². The second-order valence-electron chi connectivity index (χ2n) is 3.75. The normalized spacial score (nSPS) is 10.6. The van der Waals surface area contributed by atoms with E-state index in [2.05, 4.69) is 15.2 Å². The molecule has 0 spiro atoms. The van der Waals surface area contributed by atoms with Crippen LogP contribution in [0.5, 0.6) is 0 Å². The number of hydrogen-bond acceptors (Lipinski definition) is 4. The Balaban J connectivity index is 2.14. The van der Waals surface area contributed by atoms with Gasteiger partial charge in [0.15, 0.2) is 0 Å². The third-order valence-corrected chi connectivity index (χ3v) is 2.58. The Morgan fingerprint density at radius 2 is 1.88 bits per heavy atom. The summed E-state index contributed by atoms with van der Waals surface area (Å²) in [4.78, 5) is 4.27. The molecule has 4 nitrogen and oxygen atoms in total. The topological polar surface area (TPSA) is 64.7 Å². The SMILES string of the molecule is Nc1ccc(-c2ccc3ncccc3c2)nn1. The molecular weight excluding hydrogens is 212 g/mol. The van der Waals surface area contributed by atoms with Crippen molar-refractivity contribution in [2.45, 2.75) is 0 Å². The Bertz CT molecular complexity index is 662. The van der Waals surface area contributed by atoms with Gasteiger partial charge in [-0.2, -0.15) is 0 Å². The molecule has 0 atom stereocenters. The summed E-state index contributed by atoms with van der Waals surface area (Å²) in [5.41, 5.74) is 8.31. The van der Waals surface area contributed by atoms with Crippen molar-refractivity contribution in [3.63, 3.8) is 0 Å². The molecule has 0 fully saturated rings. The Hall–Kier alpha value is -2.49. The highest BCUT2D eigenvalue weighted by Crippen LogP contribution is 2.21. The summed E-state index contributed by atoms with van der Waals surface area (Å²) in [6.07, 6.45) is 1.78. The maximum Gasteiger partial charge on any atom is 0.146 e. The van der Waals surface area contributed by atoms with E-state index in [9.17, 15) is 0 Å². The molecule has 0 saturated heterocycles.